The van der Waals surface area contributed by atoms with Crippen LogP contribution in [0, 0.1) is 0 Å². The van der Waals surface area contributed by atoms with Gasteiger partial charge in [-0.2, -0.15) is 0 Å². The van der Waals surface area contributed by atoms with E-state index in [1.54, 1.807) is 12.1 Å². The van der Waals surface area contributed by atoms with E-state index in [2.05, 4.69) is 5.32 Å². The Bertz CT molecular complexity index is 612. The average molecular weight is 301 g/mol. The first-order valence-corrected chi connectivity index (χ1v) is 6.80. The van der Waals surface area contributed by atoms with Crippen LogP contribution in [0.25, 0.3) is 0 Å². The van der Waals surface area contributed by atoms with Gasteiger partial charge in [0, 0.05) is 12.2 Å². The van der Waals surface area contributed by atoms with Crippen LogP contribution in [-0.4, -0.2) is 13.0 Å². The van der Waals surface area contributed by atoms with Crippen LogP contribution in [0.15, 0.2) is 59.5 Å². The predicted molar refractivity (Wildman–Crippen MR) is 68.2 cm³/mol. The Balaban J connectivity index is 0.00000180. The smallest absolute Gasteiger partial charge is 0.744 e. The van der Waals surface area contributed by atoms with Crippen molar-refractivity contribution in [3.63, 3.8) is 0 Å². The minimum absolute atomic E-state index is 0. The fourth-order valence-electron chi connectivity index (χ4n) is 1.54. The van der Waals surface area contributed by atoms with Gasteiger partial charge in [0.1, 0.15) is 10.1 Å². The van der Waals surface area contributed by atoms with Gasteiger partial charge in [-0.1, -0.05) is 30.3 Å². The van der Waals surface area contributed by atoms with Gasteiger partial charge < -0.3 is 9.87 Å². The van der Waals surface area contributed by atoms with Gasteiger partial charge in [-0.15, -0.1) is 0 Å². The normalized spacial score (nSPS) is 10.6. The summed E-state index contributed by atoms with van der Waals surface area (Å²) >= 11 is 0. The van der Waals surface area contributed by atoms with Gasteiger partial charge in [0.2, 0.25) is 0 Å². The first kappa shape index (κ1) is 16.8. The Morgan fingerprint density at radius 2 is 1.53 bits per heavy atom. The van der Waals surface area contributed by atoms with E-state index in [4.69, 9.17) is 0 Å². The molecule has 0 aliphatic carbocycles. The summed E-state index contributed by atoms with van der Waals surface area (Å²) in [5.74, 6) is 0. The van der Waals surface area contributed by atoms with Crippen LogP contribution in [0.4, 0.5) is 5.69 Å². The molecule has 0 saturated heterocycles. The topological polar surface area (TPSA) is 69.2 Å². The molecule has 4 nitrogen and oxygen atoms in total. The summed E-state index contributed by atoms with van der Waals surface area (Å²) in [4.78, 5) is -0.215. The average Bonchev–Trinajstić information content (AvgIpc) is 2.37. The zero-order chi connectivity index (χ0) is 13.0. The van der Waals surface area contributed by atoms with E-state index in [-0.39, 0.29) is 56.3 Å². The Kier molecular flexibility index (Phi) is 6.68. The molecule has 2 rings (SSSR count). The molecule has 0 aliphatic heterocycles. The molecule has 0 saturated carbocycles. The van der Waals surface area contributed by atoms with Gasteiger partial charge in [-0.05, 0) is 29.8 Å². The third-order valence-corrected chi connectivity index (χ3v) is 3.33. The molecule has 0 unspecified atom stereocenters. The van der Waals surface area contributed by atoms with Crippen LogP contribution < -0.4 is 56.7 Å². The summed E-state index contributed by atoms with van der Waals surface area (Å²) in [7, 11) is -4.36. The van der Waals surface area contributed by atoms with Crippen molar-refractivity contribution >= 4 is 15.8 Å². The Labute approximate surface area is 155 Å². The van der Waals surface area contributed by atoms with E-state index < -0.39 is 10.1 Å². The van der Waals surface area contributed by atoms with Crippen molar-refractivity contribution in [1.29, 1.82) is 0 Å². The van der Waals surface area contributed by atoms with Crippen LogP contribution in [0.2, 0.25) is 0 Å². The van der Waals surface area contributed by atoms with Crippen LogP contribution >= 0.6 is 0 Å². The van der Waals surface area contributed by atoms with Gasteiger partial charge in [-0.25, -0.2) is 8.42 Å². The second-order valence-corrected chi connectivity index (χ2v) is 5.20. The first-order valence-electron chi connectivity index (χ1n) is 5.39. The molecule has 6 heteroatoms. The van der Waals surface area contributed by atoms with Crippen molar-refractivity contribution in [2.75, 3.05) is 5.32 Å². The number of rotatable bonds is 4. The van der Waals surface area contributed by atoms with Crippen molar-refractivity contribution in [2.45, 2.75) is 11.4 Å². The standard InChI is InChI=1S/C13H13NO3S.K/c15-18(16,17)13-8-6-12(7-9-13)14-10-11-4-2-1-3-5-11;/h1-9,14H,10H2,(H,15,16,17);/q;+1/p-1. The minimum Gasteiger partial charge on any atom is -0.744 e. The SMILES string of the molecule is O=S(=O)([O-])c1ccc(NCc2ccccc2)cc1.[K+]. The van der Waals surface area contributed by atoms with E-state index in [1.807, 2.05) is 30.3 Å². The van der Waals surface area contributed by atoms with Gasteiger partial charge in [-0.3, -0.25) is 0 Å². The van der Waals surface area contributed by atoms with Crippen molar-refractivity contribution in [1.82, 2.24) is 0 Å². The zero-order valence-electron chi connectivity index (χ0n) is 10.5. The van der Waals surface area contributed by atoms with Gasteiger partial charge in [0.05, 0.1) is 4.90 Å². The molecule has 19 heavy (non-hydrogen) atoms. The van der Waals surface area contributed by atoms with Gasteiger partial charge in [0.15, 0.2) is 0 Å². The van der Waals surface area contributed by atoms with Crippen molar-refractivity contribution in [3.05, 3.63) is 60.2 Å². The van der Waals surface area contributed by atoms with Crippen LogP contribution in [0.5, 0.6) is 0 Å². The number of hydrogen-bond acceptors (Lipinski definition) is 4. The Hall–Kier alpha value is -0.214. The zero-order valence-corrected chi connectivity index (χ0v) is 14.5. The van der Waals surface area contributed by atoms with E-state index in [1.165, 1.54) is 12.1 Å². The number of hydrogen-bond donors (Lipinski definition) is 1. The van der Waals surface area contributed by atoms with Crippen LogP contribution in [0.3, 0.4) is 0 Å². The summed E-state index contributed by atoms with van der Waals surface area (Å²) in [5.41, 5.74) is 1.89. The van der Waals surface area contributed by atoms with Gasteiger partial charge >= 0.3 is 51.4 Å². The molecule has 0 aliphatic rings. The Morgan fingerprint density at radius 3 is 2.05 bits per heavy atom. The number of benzene rings is 2. The largest absolute Gasteiger partial charge is 1.00 e. The van der Waals surface area contributed by atoms with Crippen molar-refractivity contribution in [2.24, 2.45) is 0 Å². The van der Waals surface area contributed by atoms with Crippen LogP contribution in [0.1, 0.15) is 5.56 Å². The monoisotopic (exact) mass is 301 g/mol. The maximum atomic E-state index is 10.7. The Morgan fingerprint density at radius 1 is 0.947 bits per heavy atom. The molecule has 2 aromatic carbocycles. The number of anilines is 1. The third-order valence-electron chi connectivity index (χ3n) is 2.48. The molecular weight excluding hydrogens is 289 g/mol. The number of nitrogens with one attached hydrogen (secondary N) is 1. The maximum absolute atomic E-state index is 10.7. The quantitative estimate of drug-likeness (QED) is 0.593. The van der Waals surface area contributed by atoms with E-state index in [0.29, 0.717) is 6.54 Å². The molecule has 0 bridgehead atoms. The van der Waals surface area contributed by atoms with Gasteiger partial charge in [0.25, 0.3) is 0 Å². The maximum Gasteiger partial charge on any atom is 1.00 e. The molecule has 0 fully saturated rings. The summed E-state index contributed by atoms with van der Waals surface area (Å²) in [6, 6.07) is 15.6. The summed E-state index contributed by atoms with van der Waals surface area (Å²) < 4.78 is 32.2. The molecule has 94 valence electrons. The first-order chi connectivity index (χ1) is 8.55. The summed E-state index contributed by atoms with van der Waals surface area (Å²) in [5, 5.41) is 3.14. The van der Waals surface area contributed by atoms with Crippen molar-refractivity contribution in [3.8, 4) is 0 Å². The molecule has 2 aromatic rings. The van der Waals surface area contributed by atoms with E-state index in [9.17, 15) is 13.0 Å². The molecule has 0 aromatic heterocycles. The van der Waals surface area contributed by atoms with Crippen molar-refractivity contribution < 1.29 is 64.4 Å². The fourth-order valence-corrected chi connectivity index (χ4v) is 2.01. The minimum atomic E-state index is -4.36. The molecular formula is C13H12KNO3S. The summed E-state index contributed by atoms with van der Waals surface area (Å²) in [6.45, 7) is 0.643. The third kappa shape index (κ3) is 5.35. The molecule has 0 radical (unpaired) electrons. The summed E-state index contributed by atoms with van der Waals surface area (Å²) in [6.07, 6.45) is 0. The van der Waals surface area contributed by atoms with E-state index in [0.717, 1.165) is 11.3 Å². The molecule has 0 amide bonds. The predicted octanol–water partition coefficient (Wildman–Crippen LogP) is -0.793. The molecule has 0 spiro atoms. The molecule has 0 heterocycles. The van der Waals surface area contributed by atoms with Crippen LogP contribution in [-0.2, 0) is 16.7 Å². The second-order valence-electron chi connectivity index (χ2n) is 3.82. The fraction of sp³-hybridized carbons (Fsp3) is 0.0769. The second kappa shape index (κ2) is 7.54. The van der Waals surface area contributed by atoms with E-state index >= 15 is 0 Å². The molecule has 0 atom stereocenters. The molecule has 1 N–H and O–H groups in total.